The first-order valence-electron chi connectivity index (χ1n) is 6.06. The Bertz CT molecular complexity index is 292. The van der Waals surface area contributed by atoms with Crippen LogP contribution in [0.4, 0.5) is 0 Å². The van der Waals surface area contributed by atoms with Crippen LogP contribution in [0.5, 0.6) is 0 Å². The number of halogens is 1. The Morgan fingerprint density at radius 2 is 2.00 bits per heavy atom. The SMILES string of the molecule is CCS(=O)(=O)CCNCC1CCCC1CCl. The van der Waals surface area contributed by atoms with E-state index in [0.29, 0.717) is 18.4 Å². The Balaban J connectivity index is 2.16. The van der Waals surface area contributed by atoms with Crippen LogP contribution in [0.1, 0.15) is 26.2 Å². The molecule has 0 amide bonds. The molecular weight excluding hydrogens is 246 g/mol. The van der Waals surface area contributed by atoms with E-state index in [1.54, 1.807) is 6.92 Å². The third kappa shape index (κ3) is 4.60. The molecule has 96 valence electrons. The smallest absolute Gasteiger partial charge is 0.151 e. The topological polar surface area (TPSA) is 46.2 Å². The highest BCUT2D eigenvalue weighted by atomic mass is 35.5. The summed E-state index contributed by atoms with van der Waals surface area (Å²) in [6, 6.07) is 0. The van der Waals surface area contributed by atoms with E-state index in [0.717, 1.165) is 12.4 Å². The van der Waals surface area contributed by atoms with Crippen molar-refractivity contribution < 1.29 is 8.42 Å². The average Bonchev–Trinajstić information content (AvgIpc) is 2.72. The van der Waals surface area contributed by atoms with Crippen LogP contribution in [0.25, 0.3) is 0 Å². The van der Waals surface area contributed by atoms with E-state index < -0.39 is 9.84 Å². The lowest BCUT2D eigenvalue weighted by atomic mass is 9.98. The van der Waals surface area contributed by atoms with Gasteiger partial charge in [0.15, 0.2) is 9.84 Å². The van der Waals surface area contributed by atoms with Crippen LogP contribution in [0.2, 0.25) is 0 Å². The molecule has 1 aliphatic carbocycles. The monoisotopic (exact) mass is 267 g/mol. The van der Waals surface area contributed by atoms with Gasteiger partial charge in [-0.1, -0.05) is 13.3 Å². The van der Waals surface area contributed by atoms with Crippen LogP contribution in [0, 0.1) is 11.8 Å². The summed E-state index contributed by atoms with van der Waals surface area (Å²) in [5.41, 5.74) is 0. The molecular formula is C11H22ClNO2S. The van der Waals surface area contributed by atoms with E-state index in [4.69, 9.17) is 11.6 Å². The van der Waals surface area contributed by atoms with Crippen molar-refractivity contribution in [3.05, 3.63) is 0 Å². The summed E-state index contributed by atoms with van der Waals surface area (Å²) in [4.78, 5) is 0. The highest BCUT2D eigenvalue weighted by Crippen LogP contribution is 2.31. The average molecular weight is 268 g/mol. The van der Waals surface area contributed by atoms with Crippen molar-refractivity contribution in [2.75, 3.05) is 30.5 Å². The van der Waals surface area contributed by atoms with Crippen LogP contribution in [0.3, 0.4) is 0 Å². The summed E-state index contributed by atoms with van der Waals surface area (Å²) < 4.78 is 22.5. The second-order valence-corrected chi connectivity index (χ2v) is 7.33. The highest BCUT2D eigenvalue weighted by Gasteiger charge is 2.25. The molecule has 0 aromatic heterocycles. The largest absolute Gasteiger partial charge is 0.315 e. The molecule has 0 spiro atoms. The lowest BCUT2D eigenvalue weighted by molar-refractivity contribution is 0.400. The van der Waals surface area contributed by atoms with E-state index in [2.05, 4.69) is 5.32 Å². The first-order chi connectivity index (χ1) is 7.59. The van der Waals surface area contributed by atoms with Crippen molar-refractivity contribution in [1.29, 1.82) is 0 Å². The second kappa shape index (κ2) is 6.82. The zero-order valence-electron chi connectivity index (χ0n) is 9.91. The fourth-order valence-electron chi connectivity index (χ4n) is 2.24. The number of sulfone groups is 1. The minimum Gasteiger partial charge on any atom is -0.315 e. The number of hydrogen-bond donors (Lipinski definition) is 1. The summed E-state index contributed by atoms with van der Waals surface area (Å²) in [6.45, 7) is 3.17. The van der Waals surface area contributed by atoms with E-state index in [1.165, 1.54) is 19.3 Å². The molecule has 1 fully saturated rings. The van der Waals surface area contributed by atoms with Gasteiger partial charge in [0, 0.05) is 18.2 Å². The first kappa shape index (κ1) is 14.3. The fourth-order valence-corrected chi connectivity index (χ4v) is 3.40. The minimum absolute atomic E-state index is 0.239. The number of alkyl halides is 1. The summed E-state index contributed by atoms with van der Waals surface area (Å²) in [7, 11) is -2.82. The number of hydrogen-bond acceptors (Lipinski definition) is 3. The quantitative estimate of drug-likeness (QED) is 0.564. The summed E-state index contributed by atoms with van der Waals surface area (Å²) in [6.07, 6.45) is 3.71. The van der Waals surface area contributed by atoms with Gasteiger partial charge in [-0.3, -0.25) is 0 Å². The maximum atomic E-state index is 11.3. The van der Waals surface area contributed by atoms with Gasteiger partial charge in [0.05, 0.1) is 5.75 Å². The number of nitrogens with one attached hydrogen (secondary N) is 1. The van der Waals surface area contributed by atoms with Gasteiger partial charge < -0.3 is 5.32 Å². The Hall–Kier alpha value is 0.200. The van der Waals surface area contributed by atoms with Gasteiger partial charge >= 0.3 is 0 Å². The minimum atomic E-state index is -2.82. The van der Waals surface area contributed by atoms with E-state index in [-0.39, 0.29) is 11.5 Å². The molecule has 0 bridgehead atoms. The molecule has 2 atom stereocenters. The van der Waals surface area contributed by atoms with Crippen molar-refractivity contribution in [3.63, 3.8) is 0 Å². The Morgan fingerprint density at radius 3 is 2.62 bits per heavy atom. The van der Waals surface area contributed by atoms with Crippen LogP contribution in [-0.4, -0.2) is 38.9 Å². The lowest BCUT2D eigenvalue weighted by Crippen LogP contribution is -2.30. The fraction of sp³-hybridized carbons (Fsp3) is 1.00. The summed E-state index contributed by atoms with van der Waals surface area (Å²) >= 11 is 5.89. The van der Waals surface area contributed by atoms with Crippen molar-refractivity contribution in [1.82, 2.24) is 5.32 Å². The van der Waals surface area contributed by atoms with Crippen molar-refractivity contribution >= 4 is 21.4 Å². The van der Waals surface area contributed by atoms with Gasteiger partial charge in [0.2, 0.25) is 0 Å². The van der Waals surface area contributed by atoms with E-state index >= 15 is 0 Å². The molecule has 1 aliphatic rings. The number of rotatable bonds is 7. The van der Waals surface area contributed by atoms with Crippen LogP contribution in [-0.2, 0) is 9.84 Å². The molecule has 1 N–H and O–H groups in total. The second-order valence-electron chi connectivity index (χ2n) is 4.55. The van der Waals surface area contributed by atoms with Gasteiger partial charge in [-0.2, -0.15) is 0 Å². The standard InChI is InChI=1S/C11H22ClNO2S/c1-2-16(14,15)7-6-13-9-11-5-3-4-10(11)8-12/h10-11,13H,2-9H2,1H3. The Labute approximate surface area is 104 Å². The zero-order valence-corrected chi connectivity index (χ0v) is 11.5. The third-order valence-corrected chi connectivity index (χ3v) is 5.55. The Kier molecular flexibility index (Phi) is 6.08. The lowest BCUT2D eigenvalue weighted by Gasteiger charge is -2.17. The molecule has 5 heteroatoms. The molecule has 0 aliphatic heterocycles. The Morgan fingerprint density at radius 1 is 1.31 bits per heavy atom. The van der Waals surface area contributed by atoms with Gasteiger partial charge in [0.25, 0.3) is 0 Å². The predicted molar refractivity (Wildman–Crippen MR) is 68.7 cm³/mol. The van der Waals surface area contributed by atoms with Gasteiger partial charge in [-0.15, -0.1) is 11.6 Å². The van der Waals surface area contributed by atoms with E-state index in [1.807, 2.05) is 0 Å². The highest BCUT2D eigenvalue weighted by molar-refractivity contribution is 7.91. The molecule has 0 aromatic rings. The molecule has 0 aromatic carbocycles. The molecule has 0 saturated heterocycles. The van der Waals surface area contributed by atoms with Gasteiger partial charge in [-0.25, -0.2) is 8.42 Å². The third-order valence-electron chi connectivity index (χ3n) is 3.45. The predicted octanol–water partition coefficient (Wildman–Crippen LogP) is 1.67. The van der Waals surface area contributed by atoms with Crippen LogP contribution >= 0.6 is 11.6 Å². The molecule has 16 heavy (non-hydrogen) atoms. The van der Waals surface area contributed by atoms with Crippen LogP contribution < -0.4 is 5.32 Å². The molecule has 3 nitrogen and oxygen atoms in total. The summed E-state index contributed by atoms with van der Waals surface area (Å²) in [5.74, 6) is 2.49. The maximum Gasteiger partial charge on any atom is 0.151 e. The van der Waals surface area contributed by atoms with Crippen molar-refractivity contribution in [3.8, 4) is 0 Å². The molecule has 2 unspecified atom stereocenters. The maximum absolute atomic E-state index is 11.3. The van der Waals surface area contributed by atoms with Crippen molar-refractivity contribution in [2.45, 2.75) is 26.2 Å². The van der Waals surface area contributed by atoms with E-state index in [9.17, 15) is 8.42 Å². The molecule has 1 rings (SSSR count). The normalized spacial score (nSPS) is 26.1. The zero-order chi connectivity index (χ0) is 12.0. The molecule has 0 heterocycles. The molecule has 1 saturated carbocycles. The summed E-state index contributed by atoms with van der Waals surface area (Å²) in [5, 5.41) is 3.24. The first-order valence-corrected chi connectivity index (χ1v) is 8.41. The van der Waals surface area contributed by atoms with Gasteiger partial charge in [-0.05, 0) is 31.2 Å². The van der Waals surface area contributed by atoms with Crippen molar-refractivity contribution in [2.24, 2.45) is 11.8 Å². The molecule has 0 radical (unpaired) electrons. The van der Waals surface area contributed by atoms with Gasteiger partial charge in [0.1, 0.15) is 0 Å². The van der Waals surface area contributed by atoms with Crippen LogP contribution in [0.15, 0.2) is 0 Å².